The second-order valence-electron chi connectivity index (χ2n) is 15.6. The minimum Gasteiger partial charge on any atom is -0.349 e. The van der Waals surface area contributed by atoms with Crippen LogP contribution in [0.15, 0.2) is 48.9 Å². The van der Waals surface area contributed by atoms with Gasteiger partial charge in [0.2, 0.25) is 35.3 Å². The van der Waals surface area contributed by atoms with E-state index < -0.39 is 83.9 Å². The van der Waals surface area contributed by atoms with E-state index in [1.165, 1.54) is 23.5 Å². The Balaban J connectivity index is 1.36. The predicted octanol–water partition coefficient (Wildman–Crippen LogP) is -0.0838. The second-order valence-corrected chi connectivity index (χ2v) is 15.6. The summed E-state index contributed by atoms with van der Waals surface area (Å²) < 4.78 is 0. The van der Waals surface area contributed by atoms with Crippen molar-refractivity contribution in [1.82, 2.24) is 52.1 Å². The lowest BCUT2D eigenvalue weighted by Crippen LogP contribution is -2.59. The number of aromatic nitrogens is 2. The number of amides is 7. The fourth-order valence-corrected chi connectivity index (χ4v) is 7.30. The minimum absolute atomic E-state index is 0.0651. The summed E-state index contributed by atoms with van der Waals surface area (Å²) in [6, 6.07) is 3.72. The first kappa shape index (κ1) is 45.9. The molecular formula is C41H58N10O8. The smallest absolute Gasteiger partial charge is 0.290 e. The van der Waals surface area contributed by atoms with Gasteiger partial charge in [0.25, 0.3) is 11.8 Å². The Kier molecular flexibility index (Phi) is 17.4. The molecule has 1 aliphatic carbocycles. The molecular weight excluding hydrogens is 761 g/mol. The second kappa shape index (κ2) is 22.4. The minimum atomic E-state index is -1.21. The molecule has 320 valence electrons. The molecule has 0 bridgehead atoms. The van der Waals surface area contributed by atoms with Crippen LogP contribution in [0.1, 0.15) is 87.8 Å². The molecule has 7 amide bonds. The zero-order valence-electron chi connectivity index (χ0n) is 34.4. The van der Waals surface area contributed by atoms with Gasteiger partial charge >= 0.3 is 0 Å². The number of likely N-dealkylation sites (N-methyl/N-ethyl adjacent to an activating group) is 1. The van der Waals surface area contributed by atoms with Crippen LogP contribution < -0.4 is 37.2 Å². The number of Topliss-reactive ketones (excluding diaryl/α,β-unsaturated/α-hetero) is 1. The maximum absolute atomic E-state index is 13.9. The Bertz CT molecular complexity index is 1790. The number of hydrogen-bond acceptors (Lipinski definition) is 11. The fraction of sp³-hybridized carbons (Fsp3) is 0.561. The lowest BCUT2D eigenvalue weighted by Gasteiger charge is -2.32. The number of rotatable bonds is 19. The molecule has 2 aromatic rings. The highest BCUT2D eigenvalue weighted by atomic mass is 16.2. The van der Waals surface area contributed by atoms with Crippen LogP contribution in [0.4, 0.5) is 0 Å². The van der Waals surface area contributed by atoms with Crippen molar-refractivity contribution < 1.29 is 38.4 Å². The summed E-state index contributed by atoms with van der Waals surface area (Å²) in [4.78, 5) is 116. The molecule has 1 saturated carbocycles. The molecule has 18 heteroatoms. The molecule has 6 atom stereocenters. The molecule has 1 aromatic heterocycles. The number of nitrogens with zero attached hydrogens (tertiary/aromatic N) is 3. The summed E-state index contributed by atoms with van der Waals surface area (Å²) in [6.45, 7) is 5.13. The highest BCUT2D eigenvalue weighted by Crippen LogP contribution is 2.27. The first-order chi connectivity index (χ1) is 28.2. The van der Waals surface area contributed by atoms with E-state index in [-0.39, 0.29) is 42.9 Å². The van der Waals surface area contributed by atoms with Crippen LogP contribution in [-0.4, -0.2) is 120 Å². The van der Waals surface area contributed by atoms with E-state index >= 15 is 0 Å². The topological polar surface area (TPSA) is 250 Å². The summed E-state index contributed by atoms with van der Waals surface area (Å²) in [5, 5.41) is 19.2. The molecule has 1 saturated heterocycles. The summed E-state index contributed by atoms with van der Waals surface area (Å²) >= 11 is 0. The zero-order valence-corrected chi connectivity index (χ0v) is 34.4. The highest BCUT2D eigenvalue weighted by Gasteiger charge is 2.40. The quantitative estimate of drug-likeness (QED) is 0.0924. The highest BCUT2D eigenvalue weighted by molar-refractivity contribution is 6.38. The number of carbonyl (C=O) groups is 8. The summed E-state index contributed by atoms with van der Waals surface area (Å²) in [5.41, 5.74) is 0.604. The van der Waals surface area contributed by atoms with E-state index in [9.17, 15) is 38.4 Å². The Labute approximate surface area is 344 Å². The number of hydrogen-bond donors (Lipinski definition) is 7. The molecule has 0 unspecified atom stereocenters. The molecule has 0 radical (unpaired) electrons. The first-order valence-electron chi connectivity index (χ1n) is 20.3. The Morgan fingerprint density at radius 1 is 0.864 bits per heavy atom. The SMILES string of the molecule is CCC[C@H](NC(=O)[C@@H]1CNC[C@@H]1NC(=O)[C@@H](NC(=O)[C@@H](NC(=O)c1cnccn1)C1CCCCC1)C(C)C)C(=O)C(=O)NCC(=O)N[C@H](C(=O)N(C)C)c1ccccc1. The Morgan fingerprint density at radius 2 is 1.58 bits per heavy atom. The summed E-state index contributed by atoms with van der Waals surface area (Å²) in [6.07, 6.45) is 9.02. The van der Waals surface area contributed by atoms with Crippen LogP contribution in [-0.2, 0) is 33.6 Å². The third kappa shape index (κ3) is 13.1. The third-order valence-corrected chi connectivity index (χ3v) is 10.6. The summed E-state index contributed by atoms with van der Waals surface area (Å²) in [5.74, 6) is -6.61. The van der Waals surface area contributed by atoms with Crippen molar-refractivity contribution in [2.45, 2.75) is 95.9 Å². The van der Waals surface area contributed by atoms with Gasteiger partial charge in [-0.2, -0.15) is 0 Å². The zero-order chi connectivity index (χ0) is 43.1. The van der Waals surface area contributed by atoms with Crippen molar-refractivity contribution in [2.75, 3.05) is 33.7 Å². The standard InChI is InChI=1S/C41H58N10O8/c1-6-13-28(35(53)40(58)45-23-31(52)48-34(41(59)51(4)5)26-16-11-8-12-17-26)46-36(54)27-20-43-21-29(27)47-38(56)32(24(2)3)49-39(57)33(25-14-9-7-10-15-25)50-37(55)30-22-42-18-19-44-30/h8,11-12,16-19,22,24-25,27-29,32-34,43H,6-7,9-10,13-15,20-21,23H2,1-5H3,(H,45,58)(H,46,54)(H,47,56)(H,48,52)(H,49,57)(H,50,55)/t27-,28+,29+,32+,33+,34+/m1/s1. The van der Waals surface area contributed by atoms with Crippen molar-refractivity contribution in [3.05, 3.63) is 60.2 Å². The van der Waals surface area contributed by atoms with Crippen molar-refractivity contribution in [3.63, 3.8) is 0 Å². The molecule has 1 aliphatic heterocycles. The monoisotopic (exact) mass is 818 g/mol. The predicted molar refractivity (Wildman–Crippen MR) is 216 cm³/mol. The van der Waals surface area contributed by atoms with E-state index in [0.717, 1.165) is 32.1 Å². The molecule has 1 aromatic carbocycles. The van der Waals surface area contributed by atoms with Crippen LogP contribution in [0.5, 0.6) is 0 Å². The van der Waals surface area contributed by atoms with Crippen LogP contribution >= 0.6 is 0 Å². The number of carbonyl (C=O) groups excluding carboxylic acids is 8. The molecule has 2 aliphatic rings. The first-order valence-corrected chi connectivity index (χ1v) is 20.3. The van der Waals surface area contributed by atoms with Crippen LogP contribution in [0.2, 0.25) is 0 Å². The third-order valence-electron chi connectivity index (χ3n) is 10.6. The van der Waals surface area contributed by atoms with Crippen molar-refractivity contribution in [1.29, 1.82) is 0 Å². The van der Waals surface area contributed by atoms with Gasteiger partial charge < -0.3 is 42.1 Å². The van der Waals surface area contributed by atoms with Gasteiger partial charge in [0.1, 0.15) is 23.8 Å². The lowest BCUT2D eigenvalue weighted by molar-refractivity contribution is -0.141. The van der Waals surface area contributed by atoms with Crippen molar-refractivity contribution in [3.8, 4) is 0 Å². The van der Waals surface area contributed by atoms with E-state index in [4.69, 9.17) is 0 Å². The number of nitrogens with one attached hydrogen (secondary N) is 7. The number of benzene rings is 1. The van der Waals surface area contributed by atoms with Crippen LogP contribution in [0, 0.1) is 17.8 Å². The van der Waals surface area contributed by atoms with Gasteiger partial charge in [0.15, 0.2) is 0 Å². The van der Waals surface area contributed by atoms with Crippen LogP contribution in [0.25, 0.3) is 0 Å². The average molecular weight is 819 g/mol. The van der Waals surface area contributed by atoms with Gasteiger partial charge in [0, 0.05) is 39.6 Å². The van der Waals surface area contributed by atoms with Gasteiger partial charge in [-0.05, 0) is 36.7 Å². The maximum Gasteiger partial charge on any atom is 0.290 e. The van der Waals surface area contributed by atoms with Crippen molar-refractivity contribution in [2.24, 2.45) is 17.8 Å². The molecule has 18 nitrogen and oxygen atoms in total. The number of ketones is 1. The van der Waals surface area contributed by atoms with Gasteiger partial charge in [-0.15, -0.1) is 0 Å². The van der Waals surface area contributed by atoms with E-state index in [2.05, 4.69) is 47.2 Å². The molecule has 7 N–H and O–H groups in total. The van der Waals surface area contributed by atoms with E-state index in [0.29, 0.717) is 12.0 Å². The van der Waals surface area contributed by atoms with E-state index in [1.54, 1.807) is 65.2 Å². The molecule has 2 fully saturated rings. The van der Waals surface area contributed by atoms with Gasteiger partial charge in [-0.25, -0.2) is 4.98 Å². The largest absolute Gasteiger partial charge is 0.349 e. The summed E-state index contributed by atoms with van der Waals surface area (Å²) in [7, 11) is 3.10. The Hall–Kier alpha value is -5.78. The molecule has 0 spiro atoms. The normalized spacial score (nSPS) is 18.6. The molecule has 2 heterocycles. The molecule has 59 heavy (non-hydrogen) atoms. The van der Waals surface area contributed by atoms with E-state index in [1.807, 2.05) is 0 Å². The average Bonchev–Trinajstić information content (AvgIpc) is 3.70. The van der Waals surface area contributed by atoms with Gasteiger partial charge in [0.05, 0.1) is 30.7 Å². The Morgan fingerprint density at radius 3 is 2.20 bits per heavy atom. The lowest BCUT2D eigenvalue weighted by atomic mass is 9.83. The fourth-order valence-electron chi connectivity index (χ4n) is 7.30. The van der Waals surface area contributed by atoms with Crippen molar-refractivity contribution >= 4 is 47.1 Å². The van der Waals surface area contributed by atoms with Gasteiger partial charge in [-0.1, -0.05) is 76.8 Å². The van der Waals surface area contributed by atoms with Crippen LogP contribution in [0.3, 0.4) is 0 Å². The molecule has 4 rings (SSSR count). The van der Waals surface area contributed by atoms with Gasteiger partial charge in [-0.3, -0.25) is 43.3 Å². The maximum atomic E-state index is 13.9.